The lowest BCUT2D eigenvalue weighted by Gasteiger charge is -2.34. The van der Waals surface area contributed by atoms with Gasteiger partial charge in [-0.2, -0.15) is 0 Å². The second-order valence-electron chi connectivity index (χ2n) is 6.81. The van der Waals surface area contributed by atoms with Crippen LogP contribution in [0.1, 0.15) is 24.5 Å². The molecule has 0 aliphatic carbocycles. The maximum absolute atomic E-state index is 13.5. The van der Waals surface area contributed by atoms with E-state index in [0.717, 1.165) is 31.5 Å². The van der Waals surface area contributed by atoms with Crippen molar-refractivity contribution in [2.24, 2.45) is 5.92 Å². The number of nitrogens with one attached hydrogen (secondary N) is 1. The number of piperidine rings is 1. The molecule has 3 rings (SSSR count). The van der Waals surface area contributed by atoms with Crippen molar-refractivity contribution >= 4 is 5.91 Å². The fourth-order valence-corrected chi connectivity index (χ4v) is 3.39. The third kappa shape index (κ3) is 4.83. The molecule has 2 aromatic carbocycles. The standard InChI is InChI=1S/C21H24F2N2O2/c1-24-14-15-9-11-25(12-10-15)21(26)20(16-5-3-2-4-6-16)27-17-7-8-18(22)19(23)13-17/h2-8,13,15,20,24H,9-12,14H2,1H3. The molecule has 1 unspecified atom stereocenters. The Morgan fingerprint density at radius 1 is 1.15 bits per heavy atom. The predicted molar refractivity (Wildman–Crippen MR) is 99.4 cm³/mol. The number of halogens is 2. The minimum atomic E-state index is -1.00. The number of rotatable bonds is 6. The number of benzene rings is 2. The molecule has 144 valence electrons. The van der Waals surface area contributed by atoms with Crippen molar-refractivity contribution in [1.82, 2.24) is 10.2 Å². The zero-order valence-electron chi connectivity index (χ0n) is 15.3. The van der Waals surface area contributed by atoms with Crippen LogP contribution in [0.4, 0.5) is 8.78 Å². The molecule has 1 heterocycles. The van der Waals surface area contributed by atoms with Crippen LogP contribution in [0.3, 0.4) is 0 Å². The van der Waals surface area contributed by atoms with Crippen molar-refractivity contribution < 1.29 is 18.3 Å². The number of carbonyl (C=O) groups is 1. The summed E-state index contributed by atoms with van der Waals surface area (Å²) < 4.78 is 32.6. The first-order chi connectivity index (χ1) is 13.1. The second-order valence-corrected chi connectivity index (χ2v) is 6.81. The van der Waals surface area contributed by atoms with Gasteiger partial charge in [0.05, 0.1) is 0 Å². The van der Waals surface area contributed by atoms with Crippen molar-refractivity contribution in [2.75, 3.05) is 26.7 Å². The molecule has 4 nitrogen and oxygen atoms in total. The SMILES string of the molecule is CNCC1CCN(C(=O)C(Oc2ccc(F)c(F)c2)c2ccccc2)CC1. The number of hydrogen-bond donors (Lipinski definition) is 1. The maximum atomic E-state index is 13.5. The van der Waals surface area contributed by atoms with Crippen molar-refractivity contribution in [3.63, 3.8) is 0 Å². The third-order valence-electron chi connectivity index (χ3n) is 4.89. The van der Waals surface area contributed by atoms with Gasteiger partial charge in [-0.25, -0.2) is 8.78 Å². The molecule has 1 fully saturated rings. The average Bonchev–Trinajstić information content (AvgIpc) is 2.70. The molecule has 0 spiro atoms. The molecule has 1 atom stereocenters. The summed E-state index contributed by atoms with van der Waals surface area (Å²) in [7, 11) is 1.93. The smallest absolute Gasteiger partial charge is 0.268 e. The molecule has 0 bridgehead atoms. The summed E-state index contributed by atoms with van der Waals surface area (Å²) >= 11 is 0. The van der Waals surface area contributed by atoms with Crippen molar-refractivity contribution in [3.8, 4) is 5.75 Å². The Labute approximate surface area is 158 Å². The molecule has 6 heteroatoms. The molecule has 1 aliphatic heterocycles. The lowest BCUT2D eigenvalue weighted by molar-refractivity contribution is -0.140. The molecule has 0 saturated carbocycles. The number of hydrogen-bond acceptors (Lipinski definition) is 3. The van der Waals surface area contributed by atoms with Crippen LogP contribution in [0.25, 0.3) is 0 Å². The average molecular weight is 374 g/mol. The molecule has 1 saturated heterocycles. The zero-order valence-corrected chi connectivity index (χ0v) is 15.3. The Bertz CT molecular complexity index is 762. The summed E-state index contributed by atoms with van der Waals surface area (Å²) in [6, 6.07) is 12.4. The topological polar surface area (TPSA) is 41.6 Å². The second kappa shape index (κ2) is 8.95. The Hall–Kier alpha value is -2.47. The molecular weight excluding hydrogens is 350 g/mol. The Morgan fingerprint density at radius 3 is 2.48 bits per heavy atom. The van der Waals surface area contributed by atoms with E-state index in [1.807, 2.05) is 25.2 Å². The summed E-state index contributed by atoms with van der Waals surface area (Å²) in [5.74, 6) is -1.42. The van der Waals surface area contributed by atoms with Crippen molar-refractivity contribution in [1.29, 1.82) is 0 Å². The van der Waals surface area contributed by atoms with Gasteiger partial charge in [0.25, 0.3) is 5.91 Å². The van der Waals surface area contributed by atoms with Gasteiger partial charge in [-0.15, -0.1) is 0 Å². The maximum Gasteiger partial charge on any atom is 0.268 e. The van der Waals surface area contributed by atoms with Gasteiger partial charge in [-0.3, -0.25) is 4.79 Å². The fraction of sp³-hybridized carbons (Fsp3) is 0.381. The first-order valence-electron chi connectivity index (χ1n) is 9.18. The predicted octanol–water partition coefficient (Wildman–Crippen LogP) is 3.54. The zero-order chi connectivity index (χ0) is 19.2. The van der Waals surface area contributed by atoms with E-state index in [9.17, 15) is 13.6 Å². The van der Waals surface area contributed by atoms with Crippen LogP contribution in [0.15, 0.2) is 48.5 Å². The first-order valence-corrected chi connectivity index (χ1v) is 9.18. The van der Waals surface area contributed by atoms with E-state index in [0.29, 0.717) is 24.6 Å². The third-order valence-corrected chi connectivity index (χ3v) is 4.89. The van der Waals surface area contributed by atoms with E-state index in [1.54, 1.807) is 17.0 Å². The quantitative estimate of drug-likeness (QED) is 0.841. The van der Waals surface area contributed by atoms with Gasteiger partial charge in [0.1, 0.15) is 5.75 Å². The normalized spacial score (nSPS) is 16.2. The van der Waals surface area contributed by atoms with Crippen LogP contribution in [0.2, 0.25) is 0 Å². The molecule has 27 heavy (non-hydrogen) atoms. The summed E-state index contributed by atoms with van der Waals surface area (Å²) in [6.07, 6.45) is 0.968. The van der Waals surface area contributed by atoms with E-state index < -0.39 is 17.7 Å². The van der Waals surface area contributed by atoms with Gasteiger partial charge in [-0.05, 0) is 44.5 Å². The number of carbonyl (C=O) groups excluding carboxylic acids is 1. The molecule has 1 aliphatic rings. The first kappa shape index (κ1) is 19.3. The van der Waals surface area contributed by atoms with Gasteiger partial charge in [0.15, 0.2) is 11.6 Å². The molecule has 1 amide bonds. The number of ether oxygens (including phenoxy) is 1. The van der Waals surface area contributed by atoms with Crippen LogP contribution in [0.5, 0.6) is 5.75 Å². The van der Waals surface area contributed by atoms with Gasteiger partial charge < -0.3 is 15.0 Å². The Morgan fingerprint density at radius 2 is 1.85 bits per heavy atom. The lowest BCUT2D eigenvalue weighted by atomic mass is 9.96. The molecule has 1 N–H and O–H groups in total. The monoisotopic (exact) mass is 374 g/mol. The molecule has 0 aromatic heterocycles. The molecule has 0 radical (unpaired) electrons. The van der Waals surface area contributed by atoms with Crippen molar-refractivity contribution in [2.45, 2.75) is 18.9 Å². The largest absolute Gasteiger partial charge is 0.476 e. The van der Waals surface area contributed by atoms with Crippen LogP contribution in [-0.4, -0.2) is 37.5 Å². The highest BCUT2D eigenvalue weighted by Crippen LogP contribution is 2.27. The van der Waals surface area contributed by atoms with E-state index in [-0.39, 0.29) is 11.7 Å². The van der Waals surface area contributed by atoms with E-state index in [2.05, 4.69) is 5.32 Å². The summed E-state index contributed by atoms with van der Waals surface area (Å²) in [6.45, 7) is 2.26. The highest BCUT2D eigenvalue weighted by molar-refractivity contribution is 5.82. The highest BCUT2D eigenvalue weighted by Gasteiger charge is 2.30. The molecule has 2 aromatic rings. The van der Waals surface area contributed by atoms with Crippen LogP contribution >= 0.6 is 0 Å². The summed E-state index contributed by atoms with van der Waals surface area (Å²) in [4.78, 5) is 14.9. The van der Waals surface area contributed by atoms with E-state index in [1.165, 1.54) is 6.07 Å². The van der Waals surface area contributed by atoms with E-state index >= 15 is 0 Å². The summed E-state index contributed by atoms with van der Waals surface area (Å²) in [5, 5.41) is 3.18. The Kier molecular flexibility index (Phi) is 6.40. The minimum absolute atomic E-state index is 0.126. The fourth-order valence-electron chi connectivity index (χ4n) is 3.39. The van der Waals surface area contributed by atoms with Crippen LogP contribution in [0, 0.1) is 17.6 Å². The number of amides is 1. The highest BCUT2D eigenvalue weighted by atomic mass is 19.2. The Balaban J connectivity index is 1.78. The van der Waals surface area contributed by atoms with Crippen molar-refractivity contribution in [3.05, 3.63) is 65.7 Å². The molecular formula is C21H24F2N2O2. The number of likely N-dealkylation sites (tertiary alicyclic amines) is 1. The lowest BCUT2D eigenvalue weighted by Crippen LogP contribution is -2.43. The van der Waals surface area contributed by atoms with Gasteiger partial charge in [0.2, 0.25) is 6.10 Å². The van der Waals surface area contributed by atoms with Crippen LogP contribution in [-0.2, 0) is 4.79 Å². The number of nitrogens with zero attached hydrogens (tertiary/aromatic N) is 1. The van der Waals surface area contributed by atoms with Gasteiger partial charge in [-0.1, -0.05) is 30.3 Å². The van der Waals surface area contributed by atoms with Crippen LogP contribution < -0.4 is 10.1 Å². The van der Waals surface area contributed by atoms with E-state index in [4.69, 9.17) is 4.74 Å². The summed E-state index contributed by atoms with van der Waals surface area (Å²) in [5.41, 5.74) is 0.685. The van der Waals surface area contributed by atoms with Gasteiger partial charge in [0, 0.05) is 24.7 Å². The minimum Gasteiger partial charge on any atom is -0.476 e. The van der Waals surface area contributed by atoms with Gasteiger partial charge >= 0.3 is 0 Å².